The summed E-state index contributed by atoms with van der Waals surface area (Å²) in [5, 5.41) is 0. The maximum Gasteiger partial charge on any atom is 0.235 e. The van der Waals surface area contributed by atoms with E-state index in [0.717, 1.165) is 32.6 Å². The number of likely N-dealkylation sites (N-methyl/N-ethyl adjacent to an activating group) is 1. The Labute approximate surface area is 115 Å². The highest BCUT2D eigenvalue weighted by molar-refractivity contribution is 7.80. The Morgan fingerprint density at radius 2 is 1.83 bits per heavy atom. The molecule has 1 amide bonds. The molecule has 1 rings (SSSR count). The number of carbonyl (C=O) groups excluding carboxylic acids is 1. The van der Waals surface area contributed by atoms with Crippen LogP contribution in [0.5, 0.6) is 0 Å². The van der Waals surface area contributed by atoms with Crippen LogP contribution >= 0.6 is 12.2 Å². The Bertz CT molecular complexity index is 315. The molecule has 18 heavy (non-hydrogen) atoms. The third-order valence-corrected chi connectivity index (χ3v) is 4.49. The van der Waals surface area contributed by atoms with Gasteiger partial charge in [-0.3, -0.25) is 4.79 Å². The lowest BCUT2D eigenvalue weighted by Crippen LogP contribution is -2.51. The van der Waals surface area contributed by atoms with Gasteiger partial charge in [-0.15, -0.1) is 0 Å². The molecule has 0 aliphatic carbocycles. The molecule has 1 fully saturated rings. The lowest BCUT2D eigenvalue weighted by atomic mass is 9.80. The van der Waals surface area contributed by atoms with Crippen molar-refractivity contribution in [2.75, 3.05) is 33.2 Å². The number of thiocarbonyl (C=S) groups is 1. The number of amides is 1. The summed E-state index contributed by atoms with van der Waals surface area (Å²) in [4.78, 5) is 17.3. The molecule has 0 radical (unpaired) electrons. The highest BCUT2D eigenvalue weighted by Crippen LogP contribution is 2.30. The van der Waals surface area contributed by atoms with Gasteiger partial charge < -0.3 is 15.5 Å². The molecule has 0 bridgehead atoms. The molecule has 0 atom stereocenters. The molecule has 4 nitrogen and oxygen atoms in total. The van der Waals surface area contributed by atoms with Gasteiger partial charge in [0.15, 0.2) is 0 Å². The Morgan fingerprint density at radius 1 is 1.22 bits per heavy atom. The summed E-state index contributed by atoms with van der Waals surface area (Å²) in [6.07, 6.45) is 2.39. The van der Waals surface area contributed by atoms with Gasteiger partial charge in [0.1, 0.15) is 0 Å². The first kappa shape index (κ1) is 15.4. The molecular weight excluding hydrogens is 246 g/mol. The standard InChI is InChI=1S/C13H25N3OS/c1-4-13(5-2,11(14)18)12(17)16-8-6-7-15(3)9-10-16/h4-10H2,1-3H3,(H2,14,18). The van der Waals surface area contributed by atoms with Gasteiger partial charge in [-0.25, -0.2) is 0 Å². The van der Waals surface area contributed by atoms with E-state index in [0.29, 0.717) is 17.8 Å². The topological polar surface area (TPSA) is 49.6 Å². The summed E-state index contributed by atoms with van der Waals surface area (Å²) in [5.74, 6) is 0.121. The SMILES string of the molecule is CCC(CC)(C(=O)N1CCCN(C)CC1)C(N)=S. The van der Waals surface area contributed by atoms with E-state index < -0.39 is 5.41 Å². The van der Waals surface area contributed by atoms with Crippen molar-refractivity contribution in [1.82, 2.24) is 9.80 Å². The van der Waals surface area contributed by atoms with Crippen LogP contribution < -0.4 is 5.73 Å². The average Bonchev–Trinajstić information content (AvgIpc) is 2.55. The summed E-state index contributed by atoms with van der Waals surface area (Å²) in [5.41, 5.74) is 5.20. The highest BCUT2D eigenvalue weighted by Gasteiger charge is 2.41. The Balaban J connectivity index is 2.86. The number of rotatable bonds is 4. The lowest BCUT2D eigenvalue weighted by Gasteiger charge is -2.34. The molecule has 1 aliphatic rings. The summed E-state index contributed by atoms with van der Waals surface area (Å²) in [6.45, 7) is 7.54. The van der Waals surface area contributed by atoms with Gasteiger partial charge in [0, 0.05) is 19.6 Å². The van der Waals surface area contributed by atoms with E-state index in [1.165, 1.54) is 0 Å². The zero-order valence-electron chi connectivity index (χ0n) is 11.7. The van der Waals surface area contributed by atoms with Gasteiger partial charge in [-0.05, 0) is 32.9 Å². The number of hydrogen-bond donors (Lipinski definition) is 1. The summed E-state index contributed by atoms with van der Waals surface area (Å²) >= 11 is 5.15. The van der Waals surface area contributed by atoms with Gasteiger partial charge >= 0.3 is 0 Å². The van der Waals surface area contributed by atoms with Gasteiger partial charge in [-0.1, -0.05) is 26.1 Å². The van der Waals surface area contributed by atoms with E-state index in [1.54, 1.807) is 0 Å². The molecule has 0 aromatic carbocycles. The van der Waals surface area contributed by atoms with E-state index in [9.17, 15) is 4.79 Å². The number of carbonyl (C=O) groups is 1. The summed E-state index contributed by atoms with van der Waals surface area (Å²) < 4.78 is 0. The first-order valence-electron chi connectivity index (χ1n) is 6.75. The molecule has 0 unspecified atom stereocenters. The van der Waals surface area contributed by atoms with Crippen LogP contribution in [0.1, 0.15) is 33.1 Å². The van der Waals surface area contributed by atoms with Crippen molar-refractivity contribution in [2.24, 2.45) is 11.1 Å². The van der Waals surface area contributed by atoms with Gasteiger partial charge in [-0.2, -0.15) is 0 Å². The van der Waals surface area contributed by atoms with Crippen LogP contribution in [-0.4, -0.2) is 53.9 Å². The van der Waals surface area contributed by atoms with Crippen LogP contribution in [0.25, 0.3) is 0 Å². The van der Waals surface area contributed by atoms with Gasteiger partial charge in [0.05, 0.1) is 10.4 Å². The normalized spacial score (nSPS) is 18.5. The minimum atomic E-state index is -0.641. The minimum Gasteiger partial charge on any atom is -0.392 e. The van der Waals surface area contributed by atoms with E-state index in [1.807, 2.05) is 18.7 Å². The second-order valence-corrected chi connectivity index (χ2v) is 5.54. The lowest BCUT2D eigenvalue weighted by molar-refractivity contribution is -0.138. The Hall–Kier alpha value is -0.680. The molecule has 2 N–H and O–H groups in total. The Kier molecular flexibility index (Phi) is 5.53. The van der Waals surface area contributed by atoms with Crippen LogP contribution in [0.15, 0.2) is 0 Å². The van der Waals surface area contributed by atoms with Crippen molar-refractivity contribution in [3.8, 4) is 0 Å². The maximum absolute atomic E-state index is 12.7. The molecule has 0 aromatic rings. The van der Waals surface area contributed by atoms with Crippen LogP contribution in [-0.2, 0) is 4.79 Å². The van der Waals surface area contributed by atoms with Crippen LogP contribution in [0.2, 0.25) is 0 Å². The minimum absolute atomic E-state index is 0.121. The first-order chi connectivity index (χ1) is 8.47. The third kappa shape index (κ3) is 3.01. The molecule has 1 aliphatic heterocycles. The van der Waals surface area contributed by atoms with E-state index in [-0.39, 0.29) is 5.91 Å². The van der Waals surface area contributed by atoms with Crippen molar-refractivity contribution in [2.45, 2.75) is 33.1 Å². The smallest absolute Gasteiger partial charge is 0.235 e. The van der Waals surface area contributed by atoms with Crippen molar-refractivity contribution in [3.63, 3.8) is 0 Å². The largest absolute Gasteiger partial charge is 0.392 e. The molecule has 1 heterocycles. The van der Waals surface area contributed by atoms with E-state index in [2.05, 4.69) is 11.9 Å². The second kappa shape index (κ2) is 6.48. The molecule has 0 spiro atoms. The van der Waals surface area contributed by atoms with E-state index in [4.69, 9.17) is 18.0 Å². The predicted octanol–water partition coefficient (Wildman–Crippen LogP) is 1.24. The molecular formula is C13H25N3OS. The third-order valence-electron chi connectivity index (χ3n) is 4.09. The van der Waals surface area contributed by atoms with Gasteiger partial charge in [0.25, 0.3) is 0 Å². The number of nitrogens with zero attached hydrogens (tertiary/aromatic N) is 2. The highest BCUT2D eigenvalue weighted by atomic mass is 32.1. The maximum atomic E-state index is 12.7. The van der Waals surface area contributed by atoms with Gasteiger partial charge in [0.2, 0.25) is 5.91 Å². The van der Waals surface area contributed by atoms with Crippen molar-refractivity contribution < 1.29 is 4.79 Å². The van der Waals surface area contributed by atoms with Crippen molar-refractivity contribution in [1.29, 1.82) is 0 Å². The number of nitrogens with two attached hydrogens (primary N) is 1. The molecule has 104 valence electrons. The fourth-order valence-corrected chi connectivity index (χ4v) is 2.93. The molecule has 0 saturated carbocycles. The molecule has 0 aromatic heterocycles. The Morgan fingerprint density at radius 3 is 2.33 bits per heavy atom. The molecule has 1 saturated heterocycles. The first-order valence-corrected chi connectivity index (χ1v) is 7.16. The van der Waals surface area contributed by atoms with Crippen LogP contribution in [0.4, 0.5) is 0 Å². The fourth-order valence-electron chi connectivity index (χ4n) is 2.56. The fraction of sp³-hybridized carbons (Fsp3) is 0.846. The summed E-state index contributed by atoms with van der Waals surface area (Å²) in [6, 6.07) is 0. The number of hydrogen-bond acceptors (Lipinski definition) is 3. The quantitative estimate of drug-likeness (QED) is 0.782. The van der Waals surface area contributed by atoms with Crippen molar-refractivity contribution >= 4 is 23.1 Å². The zero-order valence-corrected chi connectivity index (χ0v) is 12.6. The second-order valence-electron chi connectivity index (χ2n) is 5.10. The van der Waals surface area contributed by atoms with Crippen molar-refractivity contribution in [3.05, 3.63) is 0 Å². The van der Waals surface area contributed by atoms with E-state index >= 15 is 0 Å². The van der Waals surface area contributed by atoms with Crippen LogP contribution in [0.3, 0.4) is 0 Å². The monoisotopic (exact) mass is 271 g/mol. The molecule has 5 heteroatoms. The zero-order chi connectivity index (χ0) is 13.8. The average molecular weight is 271 g/mol. The summed E-state index contributed by atoms with van der Waals surface area (Å²) in [7, 11) is 2.09. The van der Waals surface area contributed by atoms with Crippen LogP contribution in [0, 0.1) is 5.41 Å². The predicted molar refractivity (Wildman–Crippen MR) is 78.5 cm³/mol.